The number of phenols is 6. The molecule has 18 heteroatoms. The van der Waals surface area contributed by atoms with Gasteiger partial charge in [-0.15, -0.1) is 4.52 Å². The number of hydrogen-bond donors (Lipinski definition) is 6. The van der Waals surface area contributed by atoms with Crippen LogP contribution in [0, 0.1) is 0 Å². The van der Waals surface area contributed by atoms with Crippen molar-refractivity contribution in [1.29, 1.82) is 0 Å². The fourth-order valence-corrected chi connectivity index (χ4v) is 10.0. The summed E-state index contributed by atoms with van der Waals surface area (Å²) in [6.45, 7) is -0.100. The molecule has 0 aliphatic heterocycles. The van der Waals surface area contributed by atoms with E-state index in [2.05, 4.69) is 0 Å². The van der Waals surface area contributed by atoms with Crippen LogP contribution in [0.1, 0.15) is 0 Å². The summed E-state index contributed by atoms with van der Waals surface area (Å²) < 4.78 is 52.6. The molecule has 0 saturated heterocycles. The predicted octanol–water partition coefficient (Wildman–Crippen LogP) is 10.6. The minimum atomic E-state index is -4.21. The van der Waals surface area contributed by atoms with Gasteiger partial charge in [0.05, 0.1) is 6.54 Å². The second-order valence-corrected chi connectivity index (χ2v) is 16.1. The van der Waals surface area contributed by atoms with E-state index in [4.69, 9.17) is 41.1 Å². The first-order valence-electron chi connectivity index (χ1n) is 16.5. The van der Waals surface area contributed by atoms with Crippen LogP contribution in [0.2, 0.25) is 0 Å². The topological polar surface area (TPSA) is 214 Å². The molecular weight excluding hydrogens is 783 g/mol. The van der Waals surface area contributed by atoms with Crippen LogP contribution in [0.25, 0.3) is 0 Å². The Morgan fingerprint density at radius 2 is 0.696 bits per heavy atom. The average molecular weight is 818 g/mol. The molecule has 288 valence electrons. The van der Waals surface area contributed by atoms with E-state index in [-0.39, 0.29) is 79.2 Å². The molecule has 0 radical (unpaired) electrons. The highest BCUT2D eigenvalue weighted by atomic mass is 31.2. The summed E-state index contributed by atoms with van der Waals surface area (Å²) in [5, 5.41) is 59.8. The van der Waals surface area contributed by atoms with Gasteiger partial charge < -0.3 is 58.0 Å². The lowest BCUT2D eigenvalue weighted by Gasteiger charge is -2.26. The molecule has 0 aromatic heterocycles. The van der Waals surface area contributed by atoms with Crippen molar-refractivity contribution in [3.63, 3.8) is 0 Å². The number of aromatic hydroxyl groups is 6. The highest BCUT2D eigenvalue weighted by molar-refractivity contribution is 7.69. The summed E-state index contributed by atoms with van der Waals surface area (Å²) in [4.78, 5) is 0. The van der Waals surface area contributed by atoms with Gasteiger partial charge in [-0.05, 0) is 146 Å². The highest BCUT2D eigenvalue weighted by Gasteiger charge is 2.37. The van der Waals surface area contributed by atoms with Gasteiger partial charge in [0, 0.05) is 0 Å². The average Bonchev–Trinajstić information content (AvgIpc) is 3.19. The largest absolute Gasteiger partial charge is 0.508 e. The molecule has 0 aliphatic carbocycles. The second-order valence-electron chi connectivity index (χ2n) is 11.4. The van der Waals surface area contributed by atoms with Crippen molar-refractivity contribution in [3.8, 4) is 69.0 Å². The first-order chi connectivity index (χ1) is 27.0. The molecule has 15 nitrogen and oxygen atoms in total. The van der Waals surface area contributed by atoms with Crippen molar-refractivity contribution in [2.24, 2.45) is 13.8 Å². The van der Waals surface area contributed by atoms with E-state index < -0.39 is 15.3 Å². The highest BCUT2D eigenvalue weighted by Crippen LogP contribution is 2.67. The van der Waals surface area contributed by atoms with Crippen molar-refractivity contribution in [2.75, 3.05) is 13.2 Å². The standard InChI is InChI=1S/C38H34N3O12P3/c42-27-1-13-33(14-2-27)48-26-25-39-55(50-35-17-5-29(44)6-18-35,51-36-19-7-30(45)8-20-36)41-56(52-37-21-9-31(46)10-22-37,53-38-23-11-32(47)12-24-38)40-54-49-34-15-3-28(43)4-16-34/h1-24,42-47H,25-26H2. The molecule has 56 heavy (non-hydrogen) atoms. The molecule has 0 fully saturated rings. The molecule has 0 heterocycles. The van der Waals surface area contributed by atoms with E-state index in [1.165, 1.54) is 133 Å². The van der Waals surface area contributed by atoms with Crippen molar-refractivity contribution in [2.45, 2.75) is 0 Å². The van der Waals surface area contributed by atoms with Crippen molar-refractivity contribution in [3.05, 3.63) is 146 Å². The maximum absolute atomic E-state index is 10.1. The summed E-state index contributed by atoms with van der Waals surface area (Å²) >= 11 is 0. The second kappa shape index (κ2) is 18.2. The summed E-state index contributed by atoms with van der Waals surface area (Å²) in [7, 11) is -8.45. The maximum Gasteiger partial charge on any atom is 0.461 e. The third kappa shape index (κ3) is 11.5. The smallest absolute Gasteiger partial charge is 0.461 e. The summed E-state index contributed by atoms with van der Waals surface area (Å²) in [5.41, 5.74) is 0. The lowest BCUT2D eigenvalue weighted by molar-refractivity contribution is 0.327. The first-order valence-corrected chi connectivity index (χ1v) is 20.3. The zero-order chi connectivity index (χ0) is 39.4. The van der Waals surface area contributed by atoms with Crippen LogP contribution in [-0.4, -0.2) is 43.8 Å². The monoisotopic (exact) mass is 817 g/mol. The van der Waals surface area contributed by atoms with Gasteiger partial charge in [-0.3, -0.25) is 0 Å². The third-order valence-electron chi connectivity index (χ3n) is 7.08. The Kier molecular flexibility index (Phi) is 12.7. The molecular formula is C38H34N3O12P3. The molecule has 6 aromatic rings. The van der Waals surface area contributed by atoms with Crippen LogP contribution >= 0.6 is 23.9 Å². The van der Waals surface area contributed by atoms with Crippen molar-refractivity contribution < 1.29 is 58.0 Å². The van der Waals surface area contributed by atoms with E-state index >= 15 is 0 Å². The lowest BCUT2D eigenvalue weighted by Crippen LogP contribution is -2.07. The minimum absolute atomic E-state index is 0.0115. The minimum Gasteiger partial charge on any atom is -0.508 e. The Morgan fingerprint density at radius 1 is 0.393 bits per heavy atom. The molecule has 0 bridgehead atoms. The van der Waals surface area contributed by atoms with Crippen molar-refractivity contribution in [1.82, 2.24) is 0 Å². The van der Waals surface area contributed by atoms with E-state index in [1.54, 1.807) is 12.1 Å². The van der Waals surface area contributed by atoms with Crippen LogP contribution < -0.4 is 27.4 Å². The zero-order valence-corrected chi connectivity index (χ0v) is 31.8. The van der Waals surface area contributed by atoms with Gasteiger partial charge in [-0.1, -0.05) is 4.52 Å². The maximum atomic E-state index is 10.1. The molecule has 6 rings (SSSR count). The Balaban J connectivity index is 1.57. The van der Waals surface area contributed by atoms with Crippen molar-refractivity contribution >= 4 is 23.9 Å². The summed E-state index contributed by atoms with van der Waals surface area (Å²) in [5.74, 6) is 1.38. The summed E-state index contributed by atoms with van der Waals surface area (Å²) in [6.07, 6.45) is 0. The number of ether oxygens (including phenoxy) is 1. The molecule has 0 spiro atoms. The van der Waals surface area contributed by atoms with Gasteiger partial charge in [0.2, 0.25) is 0 Å². The predicted molar refractivity (Wildman–Crippen MR) is 210 cm³/mol. The fourth-order valence-electron chi connectivity index (χ4n) is 4.46. The van der Waals surface area contributed by atoms with E-state index in [1.807, 2.05) is 0 Å². The number of benzene rings is 6. The van der Waals surface area contributed by atoms with Crippen LogP contribution in [0.3, 0.4) is 0 Å². The Bertz CT molecular complexity index is 2230. The quantitative estimate of drug-likeness (QED) is 0.0397. The van der Waals surface area contributed by atoms with Gasteiger partial charge >= 0.3 is 15.3 Å². The van der Waals surface area contributed by atoms with E-state index in [9.17, 15) is 30.6 Å². The van der Waals surface area contributed by atoms with Crippen LogP contribution in [0.15, 0.2) is 159 Å². The van der Waals surface area contributed by atoms with E-state index in [0.29, 0.717) is 11.5 Å². The van der Waals surface area contributed by atoms with Crippen LogP contribution in [0.4, 0.5) is 0 Å². The SMILES string of the molecule is Oc1ccc(OCCN=P(N=P(N=POc2ccc(O)cc2)(Oc2ccc(O)cc2)Oc2ccc(O)cc2)(Oc2ccc(O)cc2)Oc2ccc(O)cc2)cc1. The lowest BCUT2D eigenvalue weighted by atomic mass is 10.3. The van der Waals surface area contributed by atoms with Gasteiger partial charge in [0.25, 0.3) is 8.60 Å². The Labute approximate surface area is 322 Å². The molecule has 0 atom stereocenters. The number of nitrogens with zero attached hydrogens (tertiary/aromatic N) is 3. The van der Waals surface area contributed by atoms with Gasteiger partial charge in [-0.2, -0.15) is 0 Å². The Morgan fingerprint density at radius 3 is 1.05 bits per heavy atom. The fraction of sp³-hybridized carbons (Fsp3) is 0.0526. The molecule has 0 aliphatic rings. The van der Waals surface area contributed by atoms with Crippen LogP contribution in [-0.2, 0) is 0 Å². The van der Waals surface area contributed by atoms with E-state index in [0.717, 1.165) is 0 Å². The molecule has 0 amide bonds. The number of hydrogen-bond acceptors (Lipinski definition) is 13. The molecule has 0 unspecified atom stereocenters. The van der Waals surface area contributed by atoms with Gasteiger partial charge in [-0.25, -0.2) is 4.74 Å². The summed E-state index contributed by atoms with van der Waals surface area (Å²) in [6, 6.07) is 35.0. The third-order valence-corrected chi connectivity index (χ3v) is 12.7. The molecule has 6 aromatic carbocycles. The first kappa shape index (κ1) is 39.2. The Hall–Kier alpha value is -6.52. The van der Waals surface area contributed by atoms with Gasteiger partial charge in [0.1, 0.15) is 75.6 Å². The number of phenolic OH excluding ortho intramolecular Hbond substituents is 6. The zero-order valence-electron chi connectivity index (χ0n) is 29.1. The normalized spacial score (nSPS) is 11.4. The number of rotatable bonds is 16. The van der Waals surface area contributed by atoms with Gasteiger partial charge in [0.15, 0.2) is 0 Å². The molecule has 0 saturated carbocycles. The molecule has 6 N–H and O–H groups in total. The van der Waals surface area contributed by atoms with Crippen LogP contribution in [0.5, 0.6) is 69.0 Å².